The van der Waals surface area contributed by atoms with Gasteiger partial charge in [0.05, 0.1) is 11.4 Å². The zero-order valence-corrected chi connectivity index (χ0v) is 16.5. The monoisotopic (exact) mass is 411 g/mol. The smallest absolute Gasteiger partial charge is 0.248 e. The third-order valence-corrected chi connectivity index (χ3v) is 6.74. The van der Waals surface area contributed by atoms with E-state index in [0.29, 0.717) is 25.9 Å². The summed E-state index contributed by atoms with van der Waals surface area (Å²) in [6, 6.07) is 17.2. The number of carbonyl (C=O) groups is 1. The molecule has 1 aliphatic heterocycles. The average molecular weight is 411 g/mol. The van der Waals surface area contributed by atoms with Crippen LogP contribution in [0.5, 0.6) is 0 Å². The maximum Gasteiger partial charge on any atom is 0.248 e. The van der Waals surface area contributed by atoms with Crippen molar-refractivity contribution in [3.63, 3.8) is 0 Å². The Labute approximate surface area is 169 Å². The second-order valence-electron chi connectivity index (χ2n) is 6.83. The number of nitrogens with one attached hydrogen (secondary N) is 1. The number of sulfonamides is 1. The number of hydrogen-bond acceptors (Lipinski definition) is 5. The summed E-state index contributed by atoms with van der Waals surface area (Å²) < 4.78 is 28.7. The standard InChI is InChI=1S/C20H21N5O3S/c26-19(22-20-21-15-24(23-20)14-16-8-3-1-4-9-16)18-12-7-13-25(18)29(27,28)17-10-5-2-6-11-17/h1-6,8-11,15,18H,7,12-14H2,(H,22,23,26). The van der Waals surface area contributed by atoms with Crippen LogP contribution >= 0.6 is 0 Å². The molecule has 0 saturated carbocycles. The SMILES string of the molecule is O=C(Nc1ncn(Cc2ccccc2)n1)C1CCCN1S(=O)(=O)c1ccccc1. The molecular formula is C20H21N5O3S. The van der Waals surface area contributed by atoms with E-state index in [1.165, 1.54) is 22.8 Å². The molecule has 1 aromatic heterocycles. The molecule has 150 valence electrons. The fourth-order valence-electron chi connectivity index (χ4n) is 3.41. The van der Waals surface area contributed by atoms with Gasteiger partial charge in [0.1, 0.15) is 12.4 Å². The first kappa shape index (κ1) is 19.3. The van der Waals surface area contributed by atoms with Crippen molar-refractivity contribution >= 4 is 21.9 Å². The van der Waals surface area contributed by atoms with Gasteiger partial charge in [0.25, 0.3) is 0 Å². The quantitative estimate of drug-likeness (QED) is 0.670. The van der Waals surface area contributed by atoms with Gasteiger partial charge < -0.3 is 0 Å². The molecule has 3 aromatic rings. The third-order valence-electron chi connectivity index (χ3n) is 4.82. The molecule has 1 amide bonds. The maximum absolute atomic E-state index is 12.9. The van der Waals surface area contributed by atoms with Crippen LogP contribution in [0, 0.1) is 0 Å². The largest absolute Gasteiger partial charge is 0.292 e. The van der Waals surface area contributed by atoms with E-state index in [-0.39, 0.29) is 10.8 Å². The van der Waals surface area contributed by atoms with E-state index in [1.54, 1.807) is 22.9 Å². The average Bonchev–Trinajstić information content (AvgIpc) is 3.39. The van der Waals surface area contributed by atoms with Crippen LogP contribution in [0.25, 0.3) is 0 Å². The van der Waals surface area contributed by atoms with Gasteiger partial charge in [-0.3, -0.25) is 10.1 Å². The van der Waals surface area contributed by atoms with E-state index in [1.807, 2.05) is 30.3 Å². The second kappa shape index (κ2) is 8.14. The zero-order chi connectivity index (χ0) is 20.3. The predicted molar refractivity (Wildman–Crippen MR) is 108 cm³/mol. The molecule has 1 fully saturated rings. The van der Waals surface area contributed by atoms with E-state index in [0.717, 1.165) is 5.56 Å². The van der Waals surface area contributed by atoms with Gasteiger partial charge in [0.2, 0.25) is 21.9 Å². The van der Waals surface area contributed by atoms with Crippen molar-refractivity contribution in [2.45, 2.75) is 30.3 Å². The summed E-state index contributed by atoms with van der Waals surface area (Å²) in [4.78, 5) is 17.1. The lowest BCUT2D eigenvalue weighted by Crippen LogP contribution is -2.43. The number of nitrogens with zero attached hydrogens (tertiary/aromatic N) is 4. The minimum absolute atomic E-state index is 0.162. The van der Waals surface area contributed by atoms with Crippen LogP contribution in [0.4, 0.5) is 5.95 Å². The minimum Gasteiger partial charge on any atom is -0.292 e. The number of rotatable bonds is 6. The molecule has 1 atom stereocenters. The fraction of sp³-hybridized carbons (Fsp3) is 0.250. The lowest BCUT2D eigenvalue weighted by molar-refractivity contribution is -0.119. The molecule has 9 heteroatoms. The molecule has 0 bridgehead atoms. The van der Waals surface area contributed by atoms with E-state index < -0.39 is 22.0 Å². The van der Waals surface area contributed by atoms with Crippen molar-refractivity contribution < 1.29 is 13.2 Å². The summed E-state index contributed by atoms with van der Waals surface area (Å²) in [7, 11) is -3.73. The lowest BCUT2D eigenvalue weighted by Gasteiger charge is -2.22. The first-order valence-corrected chi connectivity index (χ1v) is 10.8. The highest BCUT2D eigenvalue weighted by Gasteiger charge is 2.39. The molecule has 1 N–H and O–H groups in total. The first-order chi connectivity index (χ1) is 14.0. The summed E-state index contributed by atoms with van der Waals surface area (Å²) in [5.41, 5.74) is 1.06. The van der Waals surface area contributed by atoms with Crippen LogP contribution in [0.15, 0.2) is 71.9 Å². The number of benzene rings is 2. The second-order valence-corrected chi connectivity index (χ2v) is 8.72. The van der Waals surface area contributed by atoms with Crippen LogP contribution in [-0.2, 0) is 21.4 Å². The topological polar surface area (TPSA) is 97.2 Å². The predicted octanol–water partition coefficient (Wildman–Crippen LogP) is 2.12. The maximum atomic E-state index is 12.9. The van der Waals surface area contributed by atoms with E-state index in [2.05, 4.69) is 15.4 Å². The van der Waals surface area contributed by atoms with Gasteiger partial charge in [0, 0.05) is 6.54 Å². The van der Waals surface area contributed by atoms with Crippen molar-refractivity contribution in [3.8, 4) is 0 Å². The van der Waals surface area contributed by atoms with Crippen molar-refractivity contribution in [2.24, 2.45) is 0 Å². The van der Waals surface area contributed by atoms with Crippen molar-refractivity contribution in [1.29, 1.82) is 0 Å². The molecule has 29 heavy (non-hydrogen) atoms. The number of carbonyl (C=O) groups excluding carboxylic acids is 1. The third kappa shape index (κ3) is 4.20. The summed E-state index contributed by atoms with van der Waals surface area (Å²) in [5.74, 6) is -0.255. The van der Waals surface area contributed by atoms with Gasteiger partial charge in [-0.1, -0.05) is 48.5 Å². The van der Waals surface area contributed by atoms with Gasteiger partial charge in [-0.2, -0.15) is 4.31 Å². The highest BCUT2D eigenvalue weighted by Crippen LogP contribution is 2.26. The van der Waals surface area contributed by atoms with Gasteiger partial charge in [0.15, 0.2) is 0 Å². The van der Waals surface area contributed by atoms with Crippen LogP contribution in [0.2, 0.25) is 0 Å². The highest BCUT2D eigenvalue weighted by molar-refractivity contribution is 7.89. The summed E-state index contributed by atoms with van der Waals surface area (Å²) >= 11 is 0. The Kier molecular flexibility index (Phi) is 5.41. The number of aromatic nitrogens is 3. The number of amides is 1. The molecule has 2 heterocycles. The molecule has 1 saturated heterocycles. The zero-order valence-electron chi connectivity index (χ0n) is 15.7. The van der Waals surface area contributed by atoms with Gasteiger partial charge in [-0.05, 0) is 30.5 Å². The Morgan fingerprint density at radius 3 is 2.48 bits per heavy atom. The van der Waals surface area contributed by atoms with Crippen LogP contribution in [0.1, 0.15) is 18.4 Å². The molecule has 1 unspecified atom stereocenters. The van der Waals surface area contributed by atoms with E-state index in [4.69, 9.17) is 0 Å². The Morgan fingerprint density at radius 2 is 1.76 bits per heavy atom. The lowest BCUT2D eigenvalue weighted by atomic mass is 10.2. The molecule has 4 rings (SSSR count). The van der Waals surface area contributed by atoms with Crippen LogP contribution < -0.4 is 5.32 Å². The molecule has 1 aliphatic rings. The van der Waals surface area contributed by atoms with Crippen molar-refractivity contribution in [2.75, 3.05) is 11.9 Å². The summed E-state index contributed by atoms with van der Waals surface area (Å²) in [6.45, 7) is 0.840. The Hall–Kier alpha value is -3.04. The molecule has 0 aliphatic carbocycles. The van der Waals surface area contributed by atoms with E-state index >= 15 is 0 Å². The van der Waals surface area contributed by atoms with Gasteiger partial charge in [-0.15, -0.1) is 5.10 Å². The Balaban J connectivity index is 1.46. The Bertz CT molecular complexity index is 1080. The van der Waals surface area contributed by atoms with Gasteiger partial charge in [-0.25, -0.2) is 18.1 Å². The molecule has 0 radical (unpaired) electrons. The van der Waals surface area contributed by atoms with Crippen LogP contribution in [0.3, 0.4) is 0 Å². The number of hydrogen-bond donors (Lipinski definition) is 1. The van der Waals surface area contributed by atoms with Crippen molar-refractivity contribution in [3.05, 3.63) is 72.6 Å². The van der Waals surface area contributed by atoms with E-state index in [9.17, 15) is 13.2 Å². The normalized spacial score (nSPS) is 17.3. The highest BCUT2D eigenvalue weighted by atomic mass is 32.2. The number of anilines is 1. The Morgan fingerprint density at radius 1 is 1.07 bits per heavy atom. The van der Waals surface area contributed by atoms with Gasteiger partial charge >= 0.3 is 0 Å². The molecular weight excluding hydrogens is 390 g/mol. The molecule has 2 aromatic carbocycles. The fourth-order valence-corrected chi connectivity index (χ4v) is 5.09. The molecule has 8 nitrogen and oxygen atoms in total. The van der Waals surface area contributed by atoms with Crippen LogP contribution in [-0.4, -0.2) is 46.0 Å². The first-order valence-electron chi connectivity index (χ1n) is 9.35. The minimum atomic E-state index is -3.73. The summed E-state index contributed by atoms with van der Waals surface area (Å²) in [6.07, 6.45) is 2.62. The van der Waals surface area contributed by atoms with Crippen molar-refractivity contribution in [1.82, 2.24) is 19.1 Å². The summed E-state index contributed by atoms with van der Waals surface area (Å²) in [5, 5.41) is 6.92. The molecule has 0 spiro atoms.